The Hall–Kier alpha value is -1.88. The van der Waals surface area contributed by atoms with Gasteiger partial charge in [0.05, 0.1) is 12.3 Å². The maximum absolute atomic E-state index is 12.8. The topological polar surface area (TPSA) is 58.6 Å². The van der Waals surface area contributed by atoms with Gasteiger partial charge in [-0.15, -0.1) is 0 Å². The molecule has 1 aromatic carbocycles. The van der Waals surface area contributed by atoms with Gasteiger partial charge in [0, 0.05) is 12.7 Å². The van der Waals surface area contributed by atoms with Crippen molar-refractivity contribution in [2.24, 2.45) is 0 Å². The number of methoxy groups -OCH3 is 1. The van der Waals surface area contributed by atoms with Gasteiger partial charge in [-0.2, -0.15) is 0 Å². The number of carbonyl (C=O) groups excluding carboxylic acids is 2. The third-order valence-electron chi connectivity index (χ3n) is 3.74. The zero-order valence-electron chi connectivity index (χ0n) is 13.0. The zero-order chi connectivity index (χ0) is 15.6. The van der Waals surface area contributed by atoms with Gasteiger partial charge in [-0.3, -0.25) is 14.5 Å². The van der Waals surface area contributed by atoms with Crippen LogP contribution >= 0.6 is 0 Å². The number of nitrogens with one attached hydrogen (secondary N) is 1. The number of piperazine rings is 1. The Labute approximate surface area is 125 Å². The molecule has 1 aromatic rings. The molecule has 2 amide bonds. The first-order valence-electron chi connectivity index (χ1n) is 7.15. The van der Waals surface area contributed by atoms with E-state index in [9.17, 15) is 9.59 Å². The van der Waals surface area contributed by atoms with Crippen molar-refractivity contribution in [3.8, 4) is 0 Å². The number of rotatable bonds is 4. The fourth-order valence-corrected chi connectivity index (χ4v) is 2.67. The van der Waals surface area contributed by atoms with Crippen LogP contribution in [0.1, 0.15) is 32.8 Å². The van der Waals surface area contributed by atoms with E-state index in [1.54, 1.807) is 25.9 Å². The molecule has 21 heavy (non-hydrogen) atoms. The van der Waals surface area contributed by atoms with E-state index in [4.69, 9.17) is 4.74 Å². The Morgan fingerprint density at radius 2 is 1.95 bits per heavy atom. The average molecular weight is 290 g/mol. The first-order valence-corrected chi connectivity index (χ1v) is 7.15. The van der Waals surface area contributed by atoms with Gasteiger partial charge in [-0.25, -0.2) is 0 Å². The molecule has 1 unspecified atom stereocenters. The maximum Gasteiger partial charge on any atom is 0.252 e. The molecule has 1 saturated heterocycles. The molecule has 0 spiro atoms. The molecule has 1 heterocycles. The second kappa shape index (κ2) is 5.85. The molecule has 1 N–H and O–H groups in total. The van der Waals surface area contributed by atoms with E-state index in [-0.39, 0.29) is 11.8 Å². The largest absolute Gasteiger partial charge is 0.380 e. The highest BCUT2D eigenvalue weighted by Crippen LogP contribution is 2.30. The van der Waals surface area contributed by atoms with Crippen molar-refractivity contribution in [1.82, 2.24) is 5.32 Å². The third-order valence-corrected chi connectivity index (χ3v) is 3.74. The van der Waals surface area contributed by atoms with Crippen LogP contribution in [0.15, 0.2) is 24.3 Å². The van der Waals surface area contributed by atoms with Gasteiger partial charge in [0.2, 0.25) is 5.91 Å². The minimum absolute atomic E-state index is 0.0995. The second-order valence-electron chi connectivity index (χ2n) is 5.78. The predicted octanol–water partition coefficient (Wildman–Crippen LogP) is 1.85. The standard InChI is InChI=1S/C16H22N2O3/c1-5-12-14(19)17-16(2,3)15(20)18(12)13-9-7-6-8-11(13)10-21-4/h6-9,12H,5,10H2,1-4H3,(H,17,19). The molecule has 0 aromatic heterocycles. The molecule has 114 valence electrons. The van der Waals surface area contributed by atoms with E-state index in [0.717, 1.165) is 11.3 Å². The summed E-state index contributed by atoms with van der Waals surface area (Å²) >= 11 is 0. The number of nitrogens with zero attached hydrogens (tertiary/aromatic N) is 1. The lowest BCUT2D eigenvalue weighted by atomic mass is 9.94. The molecule has 5 heteroatoms. The maximum atomic E-state index is 12.8. The molecule has 0 bridgehead atoms. The van der Waals surface area contributed by atoms with Crippen LogP contribution < -0.4 is 10.2 Å². The van der Waals surface area contributed by atoms with Gasteiger partial charge in [0.1, 0.15) is 11.6 Å². The van der Waals surface area contributed by atoms with E-state index >= 15 is 0 Å². The number of amides is 2. The molecular formula is C16H22N2O3. The molecule has 5 nitrogen and oxygen atoms in total. The Bertz CT molecular complexity index is 554. The van der Waals surface area contributed by atoms with Gasteiger partial charge >= 0.3 is 0 Å². The fourth-order valence-electron chi connectivity index (χ4n) is 2.67. The van der Waals surface area contributed by atoms with Gasteiger partial charge in [0.25, 0.3) is 5.91 Å². The van der Waals surface area contributed by atoms with Gasteiger partial charge in [0.15, 0.2) is 0 Å². The van der Waals surface area contributed by atoms with Crippen LogP contribution in [0.5, 0.6) is 0 Å². The molecular weight excluding hydrogens is 268 g/mol. The number of benzene rings is 1. The van der Waals surface area contributed by atoms with Crippen LogP contribution in [0.25, 0.3) is 0 Å². The monoisotopic (exact) mass is 290 g/mol. The summed E-state index contributed by atoms with van der Waals surface area (Å²) in [6.45, 7) is 5.76. The van der Waals surface area contributed by atoms with Crippen molar-refractivity contribution in [3.63, 3.8) is 0 Å². The van der Waals surface area contributed by atoms with E-state index in [2.05, 4.69) is 5.32 Å². The number of carbonyl (C=O) groups is 2. The van der Waals surface area contributed by atoms with Crippen molar-refractivity contribution in [1.29, 1.82) is 0 Å². The summed E-state index contributed by atoms with van der Waals surface area (Å²) in [5.41, 5.74) is 0.750. The quantitative estimate of drug-likeness (QED) is 0.920. The smallest absolute Gasteiger partial charge is 0.252 e. The third kappa shape index (κ3) is 2.78. The number of anilines is 1. The highest BCUT2D eigenvalue weighted by molar-refractivity contribution is 6.10. The molecule has 0 aliphatic carbocycles. The molecule has 1 aliphatic heterocycles. The summed E-state index contributed by atoms with van der Waals surface area (Å²) in [5.74, 6) is -0.216. The first kappa shape index (κ1) is 15.5. The van der Waals surface area contributed by atoms with E-state index in [1.807, 2.05) is 31.2 Å². The Morgan fingerprint density at radius 1 is 1.29 bits per heavy atom. The van der Waals surface area contributed by atoms with Crippen LogP contribution in [0, 0.1) is 0 Å². The van der Waals surface area contributed by atoms with Crippen molar-refractivity contribution in [2.45, 2.75) is 45.4 Å². The highest BCUT2D eigenvalue weighted by atomic mass is 16.5. The summed E-state index contributed by atoms with van der Waals surface area (Å²) in [7, 11) is 1.61. The van der Waals surface area contributed by atoms with Crippen LogP contribution in [0.4, 0.5) is 5.69 Å². The van der Waals surface area contributed by atoms with Gasteiger partial charge in [-0.1, -0.05) is 25.1 Å². The van der Waals surface area contributed by atoms with Crippen molar-refractivity contribution >= 4 is 17.5 Å². The van der Waals surface area contributed by atoms with Crippen molar-refractivity contribution in [2.75, 3.05) is 12.0 Å². The number of hydrogen-bond acceptors (Lipinski definition) is 3. The van der Waals surface area contributed by atoms with Crippen molar-refractivity contribution < 1.29 is 14.3 Å². The van der Waals surface area contributed by atoms with Gasteiger partial charge < -0.3 is 10.1 Å². The summed E-state index contributed by atoms with van der Waals surface area (Å²) in [5, 5.41) is 2.80. The normalized spacial score (nSPS) is 21.3. The lowest BCUT2D eigenvalue weighted by Gasteiger charge is -2.43. The molecule has 2 rings (SSSR count). The predicted molar refractivity (Wildman–Crippen MR) is 80.9 cm³/mol. The molecule has 0 saturated carbocycles. The zero-order valence-corrected chi connectivity index (χ0v) is 13.0. The summed E-state index contributed by atoms with van der Waals surface area (Å²) in [4.78, 5) is 26.7. The Kier molecular flexibility index (Phi) is 4.32. The average Bonchev–Trinajstić information content (AvgIpc) is 2.43. The number of para-hydroxylation sites is 1. The van der Waals surface area contributed by atoms with Crippen molar-refractivity contribution in [3.05, 3.63) is 29.8 Å². The number of ether oxygens (including phenoxy) is 1. The minimum atomic E-state index is -0.900. The molecule has 0 radical (unpaired) electrons. The van der Waals surface area contributed by atoms with Gasteiger partial charge in [-0.05, 0) is 26.3 Å². The van der Waals surface area contributed by atoms with Crippen LogP contribution in [-0.2, 0) is 20.9 Å². The summed E-state index contributed by atoms with van der Waals surface area (Å²) < 4.78 is 5.20. The van der Waals surface area contributed by atoms with Crippen LogP contribution in [0.3, 0.4) is 0 Å². The number of hydrogen-bond donors (Lipinski definition) is 1. The Balaban J connectivity index is 2.52. The highest BCUT2D eigenvalue weighted by Gasteiger charge is 2.45. The summed E-state index contributed by atoms with van der Waals surface area (Å²) in [6, 6.07) is 7.07. The van der Waals surface area contributed by atoms with Crippen LogP contribution in [-0.4, -0.2) is 30.5 Å². The second-order valence-corrected chi connectivity index (χ2v) is 5.78. The minimum Gasteiger partial charge on any atom is -0.380 e. The molecule has 1 aliphatic rings. The fraction of sp³-hybridized carbons (Fsp3) is 0.500. The Morgan fingerprint density at radius 3 is 2.57 bits per heavy atom. The SMILES string of the molecule is CCC1C(=O)NC(C)(C)C(=O)N1c1ccccc1COC. The lowest BCUT2D eigenvalue weighted by molar-refractivity contribution is -0.137. The van der Waals surface area contributed by atoms with E-state index in [1.165, 1.54) is 0 Å². The molecule has 1 fully saturated rings. The lowest BCUT2D eigenvalue weighted by Crippen LogP contribution is -2.68. The summed E-state index contributed by atoms with van der Waals surface area (Å²) in [6.07, 6.45) is 0.564. The molecule has 1 atom stereocenters. The van der Waals surface area contributed by atoms with Crippen LogP contribution in [0.2, 0.25) is 0 Å². The van der Waals surface area contributed by atoms with E-state index < -0.39 is 11.6 Å². The first-order chi connectivity index (χ1) is 9.92. The van der Waals surface area contributed by atoms with E-state index in [0.29, 0.717) is 13.0 Å².